The Morgan fingerprint density at radius 2 is 2.05 bits per heavy atom. The van der Waals surface area contributed by atoms with Gasteiger partial charge in [-0.2, -0.15) is 0 Å². The van der Waals surface area contributed by atoms with Gasteiger partial charge in [0.15, 0.2) is 0 Å². The fraction of sp³-hybridized carbons (Fsp3) is 0.312. The molecule has 0 bridgehead atoms. The zero-order valence-electron chi connectivity index (χ0n) is 11.8. The van der Waals surface area contributed by atoms with Crippen LogP contribution >= 0.6 is 11.3 Å². The smallest absolute Gasteiger partial charge is 0.261 e. The molecule has 0 fully saturated rings. The van der Waals surface area contributed by atoms with Crippen molar-refractivity contribution in [1.82, 2.24) is 5.32 Å². The molecule has 2 N–H and O–H groups in total. The first-order valence-electron chi connectivity index (χ1n) is 6.70. The summed E-state index contributed by atoms with van der Waals surface area (Å²) in [5.74, 6) is -0.0350. The van der Waals surface area contributed by atoms with Gasteiger partial charge in [0.2, 0.25) is 0 Å². The number of aliphatic hydroxyl groups excluding tert-OH is 1. The Kier molecular flexibility index (Phi) is 4.93. The molecule has 0 aliphatic heterocycles. The Hall–Kier alpha value is -1.65. The molecule has 1 aromatic heterocycles. The first kappa shape index (κ1) is 14.8. The van der Waals surface area contributed by atoms with Gasteiger partial charge in [-0.25, -0.2) is 0 Å². The van der Waals surface area contributed by atoms with Crippen LogP contribution in [0.1, 0.15) is 38.2 Å². The van der Waals surface area contributed by atoms with Gasteiger partial charge >= 0.3 is 0 Å². The van der Waals surface area contributed by atoms with Crippen molar-refractivity contribution in [2.24, 2.45) is 0 Å². The number of aryl methyl sites for hydroxylation is 2. The van der Waals surface area contributed by atoms with Crippen molar-refractivity contribution < 1.29 is 9.90 Å². The third-order valence-corrected chi connectivity index (χ3v) is 4.34. The van der Waals surface area contributed by atoms with E-state index in [0.29, 0.717) is 6.54 Å². The van der Waals surface area contributed by atoms with Gasteiger partial charge in [-0.1, -0.05) is 31.2 Å². The number of amides is 1. The normalized spacial score (nSPS) is 10.6. The van der Waals surface area contributed by atoms with Crippen molar-refractivity contribution >= 4 is 17.2 Å². The third-order valence-electron chi connectivity index (χ3n) is 3.25. The molecule has 20 heavy (non-hydrogen) atoms. The zero-order valence-corrected chi connectivity index (χ0v) is 12.6. The summed E-state index contributed by atoms with van der Waals surface area (Å²) >= 11 is 1.54. The second kappa shape index (κ2) is 6.68. The molecule has 0 aliphatic carbocycles. The lowest BCUT2D eigenvalue weighted by molar-refractivity contribution is 0.0955. The van der Waals surface area contributed by atoms with E-state index in [9.17, 15) is 4.79 Å². The van der Waals surface area contributed by atoms with Crippen LogP contribution < -0.4 is 5.32 Å². The Bertz CT molecular complexity index is 604. The van der Waals surface area contributed by atoms with Crippen molar-refractivity contribution in [3.63, 3.8) is 0 Å². The molecular formula is C16H19NO2S. The molecule has 0 aliphatic rings. The van der Waals surface area contributed by atoms with Crippen LogP contribution in [0.15, 0.2) is 30.3 Å². The maximum Gasteiger partial charge on any atom is 0.261 e. The molecule has 0 spiro atoms. The predicted octanol–water partition coefficient (Wildman–Crippen LogP) is 3.04. The topological polar surface area (TPSA) is 49.3 Å². The fourth-order valence-electron chi connectivity index (χ4n) is 2.09. The minimum atomic E-state index is -0.0350. The summed E-state index contributed by atoms with van der Waals surface area (Å²) in [5.41, 5.74) is 3.09. The van der Waals surface area contributed by atoms with E-state index < -0.39 is 0 Å². The van der Waals surface area contributed by atoms with Crippen LogP contribution in [0.25, 0.3) is 0 Å². The quantitative estimate of drug-likeness (QED) is 0.889. The predicted molar refractivity (Wildman–Crippen MR) is 82.0 cm³/mol. The van der Waals surface area contributed by atoms with Gasteiger partial charge in [0.05, 0.1) is 11.5 Å². The lowest BCUT2D eigenvalue weighted by Crippen LogP contribution is -2.21. The summed E-state index contributed by atoms with van der Waals surface area (Å²) in [4.78, 5) is 14.1. The van der Waals surface area contributed by atoms with Gasteiger partial charge in [0, 0.05) is 11.4 Å². The van der Waals surface area contributed by atoms with Gasteiger partial charge in [0.1, 0.15) is 0 Å². The van der Waals surface area contributed by atoms with E-state index in [2.05, 4.69) is 12.2 Å². The highest BCUT2D eigenvalue weighted by molar-refractivity contribution is 7.14. The van der Waals surface area contributed by atoms with Gasteiger partial charge in [0.25, 0.3) is 5.91 Å². The molecule has 2 aromatic rings. The fourth-order valence-corrected chi connectivity index (χ4v) is 3.12. The van der Waals surface area contributed by atoms with Crippen LogP contribution in [-0.2, 0) is 19.6 Å². The molecule has 0 saturated carbocycles. The molecule has 3 nitrogen and oxygen atoms in total. The van der Waals surface area contributed by atoms with Crippen LogP contribution in [0.5, 0.6) is 0 Å². The second-order valence-electron chi connectivity index (χ2n) is 4.71. The summed E-state index contributed by atoms with van der Waals surface area (Å²) in [7, 11) is 0. The second-order valence-corrected chi connectivity index (χ2v) is 5.96. The van der Waals surface area contributed by atoms with Crippen molar-refractivity contribution in [3.05, 3.63) is 56.8 Å². The largest absolute Gasteiger partial charge is 0.392 e. The lowest BCUT2D eigenvalue weighted by atomic mass is 10.1. The molecule has 0 radical (unpaired) electrons. The summed E-state index contributed by atoms with van der Waals surface area (Å²) in [6.45, 7) is 4.64. The van der Waals surface area contributed by atoms with Crippen molar-refractivity contribution in [2.45, 2.75) is 33.4 Å². The monoisotopic (exact) mass is 289 g/mol. The molecule has 106 valence electrons. The third kappa shape index (κ3) is 3.46. The number of benzene rings is 1. The van der Waals surface area contributed by atoms with Crippen LogP contribution in [0.2, 0.25) is 0 Å². The molecule has 1 aromatic carbocycles. The number of aliphatic hydroxyl groups is 1. The highest BCUT2D eigenvalue weighted by Gasteiger charge is 2.11. The number of nitrogens with one attached hydrogen (secondary N) is 1. The van der Waals surface area contributed by atoms with Crippen molar-refractivity contribution in [2.75, 3.05) is 0 Å². The van der Waals surface area contributed by atoms with Gasteiger partial charge < -0.3 is 10.4 Å². The molecule has 0 saturated heterocycles. The Morgan fingerprint density at radius 3 is 2.70 bits per heavy atom. The van der Waals surface area contributed by atoms with E-state index in [1.165, 1.54) is 21.8 Å². The molecule has 0 unspecified atom stereocenters. The number of carbonyl (C=O) groups excluding carboxylic acids is 1. The minimum absolute atomic E-state index is 0.0196. The lowest BCUT2D eigenvalue weighted by Gasteiger charge is -2.05. The summed E-state index contributed by atoms with van der Waals surface area (Å²) in [5, 5.41) is 12.0. The van der Waals surface area contributed by atoms with E-state index in [4.69, 9.17) is 5.11 Å². The van der Waals surface area contributed by atoms with Gasteiger partial charge in [-0.05, 0) is 36.1 Å². The van der Waals surface area contributed by atoms with Crippen molar-refractivity contribution in [1.29, 1.82) is 0 Å². The Morgan fingerprint density at radius 1 is 1.30 bits per heavy atom. The maximum absolute atomic E-state index is 12.1. The first-order chi connectivity index (χ1) is 9.63. The van der Waals surface area contributed by atoms with Gasteiger partial charge in [-0.3, -0.25) is 4.79 Å². The number of hydrogen-bond acceptors (Lipinski definition) is 3. The van der Waals surface area contributed by atoms with Gasteiger partial charge in [-0.15, -0.1) is 11.3 Å². The number of hydrogen-bond donors (Lipinski definition) is 2. The van der Waals surface area contributed by atoms with E-state index >= 15 is 0 Å². The van der Waals surface area contributed by atoms with E-state index in [1.807, 2.05) is 37.3 Å². The number of thiophene rings is 1. The summed E-state index contributed by atoms with van der Waals surface area (Å²) in [6.07, 6.45) is 0.953. The average molecular weight is 289 g/mol. The standard InChI is InChI=1S/C16H19NO2S/c1-3-14-8-15(20-11(14)2)16(19)17-9-12-5-4-6-13(7-12)10-18/h4-8,18H,3,9-10H2,1-2H3,(H,17,19). The first-order valence-corrected chi connectivity index (χ1v) is 7.52. The van der Waals surface area contributed by atoms with Crippen LogP contribution in [0.3, 0.4) is 0 Å². The summed E-state index contributed by atoms with van der Waals surface area (Å²) in [6, 6.07) is 9.56. The highest BCUT2D eigenvalue weighted by atomic mass is 32.1. The molecule has 1 amide bonds. The molecule has 0 atom stereocenters. The molecule has 2 rings (SSSR count). The summed E-state index contributed by atoms with van der Waals surface area (Å²) < 4.78 is 0. The highest BCUT2D eigenvalue weighted by Crippen LogP contribution is 2.22. The number of rotatable bonds is 5. The zero-order chi connectivity index (χ0) is 14.5. The molecule has 4 heteroatoms. The minimum Gasteiger partial charge on any atom is -0.392 e. The molecular weight excluding hydrogens is 270 g/mol. The Balaban J connectivity index is 2.00. The number of carbonyl (C=O) groups is 1. The molecule has 1 heterocycles. The van der Waals surface area contributed by atoms with E-state index in [1.54, 1.807) is 0 Å². The van der Waals surface area contributed by atoms with Crippen LogP contribution in [-0.4, -0.2) is 11.0 Å². The van der Waals surface area contributed by atoms with Crippen LogP contribution in [0.4, 0.5) is 0 Å². The SMILES string of the molecule is CCc1cc(C(=O)NCc2cccc(CO)c2)sc1C. The average Bonchev–Trinajstić information content (AvgIpc) is 2.86. The maximum atomic E-state index is 12.1. The van der Waals surface area contributed by atoms with E-state index in [0.717, 1.165) is 22.4 Å². The van der Waals surface area contributed by atoms with Crippen molar-refractivity contribution in [3.8, 4) is 0 Å². The van der Waals surface area contributed by atoms with E-state index in [-0.39, 0.29) is 12.5 Å². The van der Waals surface area contributed by atoms with Crippen LogP contribution in [0, 0.1) is 6.92 Å². The Labute approximate surface area is 123 Å².